The molecule has 6 nitrogen and oxygen atoms in total. The zero-order valence-electron chi connectivity index (χ0n) is 18.1. The van der Waals surface area contributed by atoms with E-state index in [1.165, 1.54) is 0 Å². The molecule has 1 unspecified atom stereocenters. The number of likely N-dealkylation sites (N-methyl/N-ethyl adjacent to an activating group) is 1. The zero-order chi connectivity index (χ0) is 21.7. The predicted octanol–water partition coefficient (Wildman–Crippen LogP) is 2.39. The van der Waals surface area contributed by atoms with Crippen molar-refractivity contribution in [2.24, 2.45) is 0 Å². The van der Waals surface area contributed by atoms with Crippen LogP contribution >= 0.6 is 0 Å². The summed E-state index contributed by atoms with van der Waals surface area (Å²) in [6, 6.07) is 12.7. The first-order chi connectivity index (χ1) is 14.4. The molecule has 3 N–H and O–H groups in total. The molecule has 6 heteroatoms. The molecule has 1 aliphatic heterocycles. The highest BCUT2D eigenvalue weighted by Crippen LogP contribution is 2.20. The van der Waals surface area contributed by atoms with Gasteiger partial charge >= 0.3 is 0 Å². The third kappa shape index (κ3) is 5.00. The monoisotopic (exact) mass is 408 g/mol. The summed E-state index contributed by atoms with van der Waals surface area (Å²) in [5.74, 6) is -0.259. The molecule has 2 amide bonds. The molecule has 30 heavy (non-hydrogen) atoms. The van der Waals surface area contributed by atoms with Crippen molar-refractivity contribution in [2.75, 3.05) is 38.5 Å². The summed E-state index contributed by atoms with van der Waals surface area (Å²) in [6.07, 6.45) is 0.465. The van der Waals surface area contributed by atoms with Crippen molar-refractivity contribution in [3.05, 3.63) is 64.7 Å². The molecular weight excluding hydrogens is 376 g/mol. The fourth-order valence-corrected chi connectivity index (χ4v) is 3.88. The lowest BCUT2D eigenvalue weighted by atomic mass is 9.99. The first-order valence-electron chi connectivity index (χ1n) is 10.6. The summed E-state index contributed by atoms with van der Waals surface area (Å²) in [4.78, 5) is 30.6. The van der Waals surface area contributed by atoms with Gasteiger partial charge in [-0.1, -0.05) is 37.3 Å². The summed E-state index contributed by atoms with van der Waals surface area (Å²) in [5.41, 5.74) is 9.94. The van der Waals surface area contributed by atoms with Crippen molar-refractivity contribution >= 4 is 17.5 Å². The lowest BCUT2D eigenvalue weighted by molar-refractivity contribution is -0.135. The van der Waals surface area contributed by atoms with Gasteiger partial charge < -0.3 is 20.9 Å². The van der Waals surface area contributed by atoms with Crippen molar-refractivity contribution < 1.29 is 9.59 Å². The number of anilines is 1. The Bertz CT molecular complexity index is 890. The van der Waals surface area contributed by atoms with E-state index in [0.717, 1.165) is 36.3 Å². The van der Waals surface area contributed by atoms with Gasteiger partial charge in [0, 0.05) is 43.9 Å². The van der Waals surface area contributed by atoms with Gasteiger partial charge in [0.2, 0.25) is 5.91 Å². The molecule has 1 aliphatic rings. The van der Waals surface area contributed by atoms with Gasteiger partial charge in [0.1, 0.15) is 6.04 Å². The standard InChI is InChI=1S/C24H32N4O2/c1-4-27-12-14-28(15-13-27)24(30)22(16-19-8-6-5-7-9-19)26-23(29)20-10-11-21(25)18(3)17(20)2/h5-11,22H,4,12-16,25H2,1-3H3,(H,26,29). The molecule has 1 fully saturated rings. The van der Waals surface area contributed by atoms with E-state index in [-0.39, 0.29) is 11.8 Å². The highest BCUT2D eigenvalue weighted by atomic mass is 16.2. The minimum absolute atomic E-state index is 0.0206. The highest BCUT2D eigenvalue weighted by molar-refractivity contribution is 5.99. The number of carbonyl (C=O) groups excluding carboxylic acids is 2. The smallest absolute Gasteiger partial charge is 0.252 e. The van der Waals surface area contributed by atoms with E-state index < -0.39 is 6.04 Å². The lowest BCUT2D eigenvalue weighted by Crippen LogP contribution is -2.55. The van der Waals surface area contributed by atoms with E-state index in [0.29, 0.717) is 30.8 Å². The van der Waals surface area contributed by atoms with Crippen LogP contribution in [-0.4, -0.2) is 60.4 Å². The molecule has 0 radical (unpaired) electrons. The maximum atomic E-state index is 13.3. The van der Waals surface area contributed by atoms with Crippen LogP contribution in [0.5, 0.6) is 0 Å². The van der Waals surface area contributed by atoms with E-state index in [9.17, 15) is 9.59 Å². The average Bonchev–Trinajstić information content (AvgIpc) is 2.77. The van der Waals surface area contributed by atoms with Gasteiger partial charge in [-0.05, 0) is 49.2 Å². The number of nitrogens with zero attached hydrogens (tertiary/aromatic N) is 2. The van der Waals surface area contributed by atoms with Crippen LogP contribution in [0, 0.1) is 13.8 Å². The molecule has 160 valence electrons. The quantitative estimate of drug-likeness (QED) is 0.720. The molecule has 2 aromatic rings. The number of nitrogen functional groups attached to an aromatic ring is 1. The molecule has 0 spiro atoms. The van der Waals surface area contributed by atoms with Crippen LogP contribution in [0.2, 0.25) is 0 Å². The molecule has 0 saturated carbocycles. The van der Waals surface area contributed by atoms with Crippen LogP contribution in [-0.2, 0) is 11.2 Å². The van der Waals surface area contributed by atoms with Crippen LogP contribution in [0.3, 0.4) is 0 Å². The van der Waals surface area contributed by atoms with Gasteiger partial charge in [0.15, 0.2) is 0 Å². The summed E-state index contributed by atoms with van der Waals surface area (Å²) < 4.78 is 0. The SMILES string of the molecule is CCN1CCN(C(=O)C(Cc2ccccc2)NC(=O)c2ccc(N)c(C)c2C)CC1. The second-order valence-corrected chi connectivity index (χ2v) is 7.93. The van der Waals surface area contributed by atoms with Crippen LogP contribution in [0.15, 0.2) is 42.5 Å². The number of carbonyl (C=O) groups is 2. The largest absolute Gasteiger partial charge is 0.399 e. The van der Waals surface area contributed by atoms with E-state index in [1.807, 2.05) is 49.1 Å². The second kappa shape index (κ2) is 9.76. The summed E-state index contributed by atoms with van der Waals surface area (Å²) in [5, 5.41) is 3.01. The number of hydrogen-bond donors (Lipinski definition) is 2. The molecule has 2 aromatic carbocycles. The Labute approximate surface area is 179 Å². The molecule has 1 saturated heterocycles. The molecule has 3 rings (SSSR count). The van der Waals surface area contributed by atoms with Gasteiger partial charge in [0.25, 0.3) is 5.91 Å². The van der Waals surface area contributed by atoms with Gasteiger partial charge in [-0.3, -0.25) is 9.59 Å². The third-order valence-corrected chi connectivity index (χ3v) is 6.09. The summed E-state index contributed by atoms with van der Waals surface area (Å²) in [6.45, 7) is 10.0. The number of piperazine rings is 1. The fourth-order valence-electron chi connectivity index (χ4n) is 3.88. The Morgan fingerprint density at radius 1 is 1.00 bits per heavy atom. The molecule has 1 heterocycles. The lowest BCUT2D eigenvalue weighted by Gasteiger charge is -2.36. The van der Waals surface area contributed by atoms with Gasteiger partial charge in [-0.25, -0.2) is 0 Å². The van der Waals surface area contributed by atoms with Crippen molar-refractivity contribution in [3.63, 3.8) is 0 Å². The normalized spacial score (nSPS) is 15.6. The first-order valence-corrected chi connectivity index (χ1v) is 10.6. The van der Waals surface area contributed by atoms with E-state index >= 15 is 0 Å². The van der Waals surface area contributed by atoms with Crippen LogP contribution in [0.1, 0.15) is 34.0 Å². The predicted molar refractivity (Wildman–Crippen MR) is 120 cm³/mol. The van der Waals surface area contributed by atoms with Gasteiger partial charge in [-0.15, -0.1) is 0 Å². The topological polar surface area (TPSA) is 78.7 Å². The number of hydrogen-bond acceptors (Lipinski definition) is 4. The van der Waals surface area contributed by atoms with Gasteiger partial charge in [0.05, 0.1) is 0 Å². The Kier molecular flexibility index (Phi) is 7.11. The van der Waals surface area contributed by atoms with E-state index in [1.54, 1.807) is 12.1 Å². The van der Waals surface area contributed by atoms with Crippen molar-refractivity contribution in [2.45, 2.75) is 33.2 Å². The van der Waals surface area contributed by atoms with Crippen LogP contribution < -0.4 is 11.1 Å². The average molecular weight is 409 g/mol. The highest BCUT2D eigenvalue weighted by Gasteiger charge is 2.29. The zero-order valence-corrected chi connectivity index (χ0v) is 18.1. The minimum atomic E-state index is -0.606. The second-order valence-electron chi connectivity index (χ2n) is 7.93. The summed E-state index contributed by atoms with van der Waals surface area (Å²) >= 11 is 0. The van der Waals surface area contributed by atoms with Crippen LogP contribution in [0.25, 0.3) is 0 Å². The van der Waals surface area contributed by atoms with E-state index in [4.69, 9.17) is 5.73 Å². The number of nitrogens with one attached hydrogen (secondary N) is 1. The Morgan fingerprint density at radius 3 is 2.30 bits per heavy atom. The van der Waals surface area contributed by atoms with E-state index in [2.05, 4.69) is 17.1 Å². The van der Waals surface area contributed by atoms with Crippen molar-refractivity contribution in [3.8, 4) is 0 Å². The number of nitrogens with two attached hydrogens (primary N) is 1. The summed E-state index contributed by atoms with van der Waals surface area (Å²) in [7, 11) is 0. The van der Waals surface area contributed by atoms with Crippen LogP contribution in [0.4, 0.5) is 5.69 Å². The minimum Gasteiger partial charge on any atom is -0.399 e. The maximum absolute atomic E-state index is 13.3. The molecule has 1 atom stereocenters. The Hall–Kier alpha value is -2.86. The molecule has 0 bridgehead atoms. The molecule has 0 aromatic heterocycles. The van der Waals surface area contributed by atoms with Crippen molar-refractivity contribution in [1.29, 1.82) is 0 Å². The van der Waals surface area contributed by atoms with Crippen molar-refractivity contribution in [1.82, 2.24) is 15.1 Å². The fraction of sp³-hybridized carbons (Fsp3) is 0.417. The number of amides is 2. The number of benzene rings is 2. The maximum Gasteiger partial charge on any atom is 0.252 e. The van der Waals surface area contributed by atoms with Gasteiger partial charge in [-0.2, -0.15) is 0 Å². The first kappa shape index (κ1) is 21.8. The third-order valence-electron chi connectivity index (χ3n) is 6.09. The number of rotatable bonds is 6. The Morgan fingerprint density at radius 2 is 1.67 bits per heavy atom. The molecule has 0 aliphatic carbocycles. The Balaban J connectivity index is 1.80. The molecular formula is C24H32N4O2.